The minimum absolute atomic E-state index is 0.00463. The molecule has 59 valence electrons. The SMILES string of the molecule is [CH]=CC(C)COS(N)(=O)=O. The number of nitrogens with two attached hydrogens (primary N) is 1. The van der Waals surface area contributed by atoms with Gasteiger partial charge < -0.3 is 0 Å². The number of hydrogen-bond donors (Lipinski definition) is 1. The van der Waals surface area contributed by atoms with E-state index in [0.717, 1.165) is 0 Å². The third-order valence-electron chi connectivity index (χ3n) is 0.824. The van der Waals surface area contributed by atoms with E-state index in [1.165, 1.54) is 6.08 Å². The third-order valence-corrected chi connectivity index (χ3v) is 1.29. The summed E-state index contributed by atoms with van der Waals surface area (Å²) in [6.45, 7) is 6.77. The Kier molecular flexibility index (Phi) is 3.55. The third kappa shape index (κ3) is 5.74. The van der Waals surface area contributed by atoms with Crippen LogP contribution in [-0.2, 0) is 14.5 Å². The molecule has 0 spiro atoms. The van der Waals surface area contributed by atoms with Crippen LogP contribution in [0.25, 0.3) is 0 Å². The Morgan fingerprint density at radius 2 is 2.30 bits per heavy atom. The lowest BCUT2D eigenvalue weighted by Crippen LogP contribution is -2.18. The van der Waals surface area contributed by atoms with Gasteiger partial charge in [-0.1, -0.05) is 19.6 Å². The van der Waals surface area contributed by atoms with E-state index in [1.54, 1.807) is 6.92 Å². The van der Waals surface area contributed by atoms with Crippen LogP contribution in [0.2, 0.25) is 0 Å². The van der Waals surface area contributed by atoms with Gasteiger partial charge in [-0.25, -0.2) is 5.14 Å². The van der Waals surface area contributed by atoms with Crippen molar-refractivity contribution < 1.29 is 12.6 Å². The maximum atomic E-state index is 10.2. The van der Waals surface area contributed by atoms with Crippen molar-refractivity contribution in [1.29, 1.82) is 0 Å². The van der Waals surface area contributed by atoms with Gasteiger partial charge in [-0.3, -0.25) is 4.18 Å². The molecule has 10 heavy (non-hydrogen) atoms. The van der Waals surface area contributed by atoms with Crippen molar-refractivity contribution in [2.75, 3.05) is 6.61 Å². The van der Waals surface area contributed by atoms with Crippen LogP contribution in [0.5, 0.6) is 0 Å². The lowest BCUT2D eigenvalue weighted by molar-refractivity contribution is 0.289. The zero-order valence-corrected chi connectivity index (χ0v) is 6.47. The first kappa shape index (κ1) is 9.61. The second kappa shape index (κ2) is 3.70. The summed E-state index contributed by atoms with van der Waals surface area (Å²) in [5.74, 6) is -0.113. The smallest absolute Gasteiger partial charge is 0.258 e. The molecule has 4 nitrogen and oxygen atoms in total. The monoisotopic (exact) mass is 164 g/mol. The maximum Gasteiger partial charge on any atom is 0.333 e. The predicted octanol–water partition coefficient (Wildman–Crippen LogP) is -0.168. The summed E-state index contributed by atoms with van der Waals surface area (Å²) in [4.78, 5) is 0. The average Bonchev–Trinajstić information content (AvgIpc) is 1.81. The van der Waals surface area contributed by atoms with Crippen LogP contribution in [0, 0.1) is 12.5 Å². The molecule has 0 fully saturated rings. The van der Waals surface area contributed by atoms with E-state index in [1.807, 2.05) is 0 Å². The quantitative estimate of drug-likeness (QED) is 0.627. The van der Waals surface area contributed by atoms with Crippen molar-refractivity contribution in [2.24, 2.45) is 11.1 Å². The highest BCUT2D eigenvalue weighted by Crippen LogP contribution is 1.96. The van der Waals surface area contributed by atoms with Gasteiger partial charge in [0.2, 0.25) is 0 Å². The second-order valence-corrected chi connectivity index (χ2v) is 3.17. The minimum Gasteiger partial charge on any atom is -0.258 e. The number of rotatable bonds is 4. The molecule has 1 atom stereocenters. The summed E-state index contributed by atoms with van der Waals surface area (Å²) in [6.07, 6.45) is 1.34. The molecule has 0 saturated heterocycles. The van der Waals surface area contributed by atoms with Crippen molar-refractivity contribution in [1.82, 2.24) is 0 Å². The lowest BCUT2D eigenvalue weighted by atomic mass is 10.2. The molecule has 1 unspecified atom stereocenters. The molecular formula is C5H10NO3S. The van der Waals surface area contributed by atoms with Crippen LogP contribution in [0.1, 0.15) is 6.92 Å². The summed E-state index contributed by atoms with van der Waals surface area (Å²) in [7, 11) is -3.80. The Morgan fingerprint density at radius 3 is 2.60 bits per heavy atom. The van der Waals surface area contributed by atoms with Crippen molar-refractivity contribution in [2.45, 2.75) is 6.92 Å². The molecule has 0 amide bonds. The lowest BCUT2D eigenvalue weighted by Gasteiger charge is -2.03. The zero-order valence-electron chi connectivity index (χ0n) is 5.65. The summed E-state index contributed by atoms with van der Waals surface area (Å²) in [5.41, 5.74) is 0. The van der Waals surface area contributed by atoms with Crippen LogP contribution in [0.15, 0.2) is 6.08 Å². The van der Waals surface area contributed by atoms with Gasteiger partial charge >= 0.3 is 10.3 Å². The molecule has 5 heteroatoms. The standard InChI is InChI=1S/C5H10NO3S/c1-3-5(2)4-9-10(6,7)8/h1,3,5H,4H2,2H3,(H2,6,7,8). The van der Waals surface area contributed by atoms with E-state index in [-0.39, 0.29) is 12.5 Å². The first-order valence-electron chi connectivity index (χ1n) is 2.68. The van der Waals surface area contributed by atoms with Gasteiger partial charge in [-0.05, 0) is 5.92 Å². The molecule has 2 N–H and O–H groups in total. The van der Waals surface area contributed by atoms with Crippen molar-refractivity contribution in [3.8, 4) is 0 Å². The molecule has 0 aromatic carbocycles. The van der Waals surface area contributed by atoms with Gasteiger partial charge in [0.25, 0.3) is 0 Å². The van der Waals surface area contributed by atoms with Crippen LogP contribution < -0.4 is 5.14 Å². The highest BCUT2D eigenvalue weighted by Gasteiger charge is 2.03. The molecule has 1 radical (unpaired) electrons. The fraction of sp³-hybridized carbons (Fsp3) is 0.600. The Labute approximate surface area is 60.9 Å². The Bertz CT molecular complexity index is 197. The fourth-order valence-electron chi connectivity index (χ4n) is 0.258. The molecule has 0 aromatic rings. The van der Waals surface area contributed by atoms with E-state index in [2.05, 4.69) is 9.32 Å². The second-order valence-electron chi connectivity index (χ2n) is 1.95. The topological polar surface area (TPSA) is 69.4 Å². The molecule has 0 heterocycles. The first-order valence-corrected chi connectivity index (χ1v) is 4.15. The highest BCUT2D eigenvalue weighted by atomic mass is 32.2. The first-order chi connectivity index (χ1) is 4.45. The van der Waals surface area contributed by atoms with Gasteiger partial charge in [-0.15, -0.1) is 0 Å². The van der Waals surface area contributed by atoms with E-state index >= 15 is 0 Å². The van der Waals surface area contributed by atoms with Crippen LogP contribution in [-0.4, -0.2) is 15.0 Å². The van der Waals surface area contributed by atoms with Gasteiger partial charge in [0.15, 0.2) is 0 Å². The van der Waals surface area contributed by atoms with E-state index in [9.17, 15) is 8.42 Å². The van der Waals surface area contributed by atoms with Crippen LogP contribution in [0.3, 0.4) is 0 Å². The van der Waals surface area contributed by atoms with Crippen molar-refractivity contribution in [3.63, 3.8) is 0 Å². The largest absolute Gasteiger partial charge is 0.333 e. The molecule has 0 bridgehead atoms. The zero-order chi connectivity index (χ0) is 8.20. The summed E-state index contributed by atoms with van der Waals surface area (Å²) in [5, 5.41) is 4.53. The van der Waals surface area contributed by atoms with Gasteiger partial charge in [-0.2, -0.15) is 8.42 Å². The van der Waals surface area contributed by atoms with E-state index in [4.69, 9.17) is 6.58 Å². The van der Waals surface area contributed by atoms with Crippen molar-refractivity contribution in [3.05, 3.63) is 12.7 Å². The molecular weight excluding hydrogens is 154 g/mol. The van der Waals surface area contributed by atoms with Gasteiger partial charge in [0.05, 0.1) is 6.61 Å². The van der Waals surface area contributed by atoms with Gasteiger partial charge in [0, 0.05) is 0 Å². The molecule has 0 aliphatic rings. The maximum absolute atomic E-state index is 10.2. The molecule has 0 aliphatic heterocycles. The Balaban J connectivity index is 3.66. The number of hydrogen-bond acceptors (Lipinski definition) is 3. The molecule has 0 aromatic heterocycles. The fourth-order valence-corrected chi connectivity index (χ4v) is 0.662. The van der Waals surface area contributed by atoms with Crippen LogP contribution in [0.4, 0.5) is 0 Å². The summed E-state index contributed by atoms with van der Waals surface area (Å²) in [6, 6.07) is 0. The Hall–Kier alpha value is -0.390. The molecule has 0 aliphatic carbocycles. The van der Waals surface area contributed by atoms with Crippen LogP contribution >= 0.6 is 0 Å². The summed E-state index contributed by atoms with van der Waals surface area (Å²) < 4.78 is 24.5. The predicted molar refractivity (Wildman–Crippen MR) is 37.1 cm³/mol. The molecule has 0 saturated carbocycles. The van der Waals surface area contributed by atoms with Gasteiger partial charge in [0.1, 0.15) is 0 Å². The van der Waals surface area contributed by atoms with E-state index < -0.39 is 10.3 Å². The summed E-state index contributed by atoms with van der Waals surface area (Å²) >= 11 is 0. The average molecular weight is 164 g/mol. The van der Waals surface area contributed by atoms with Crippen molar-refractivity contribution >= 4 is 10.3 Å². The normalized spacial score (nSPS) is 14.6. The van der Waals surface area contributed by atoms with E-state index in [0.29, 0.717) is 0 Å². The highest BCUT2D eigenvalue weighted by molar-refractivity contribution is 7.84. The molecule has 0 rings (SSSR count). The minimum atomic E-state index is -3.80. The Morgan fingerprint density at radius 1 is 1.80 bits per heavy atom.